The quantitative estimate of drug-likeness (QED) is 0.459. The summed E-state index contributed by atoms with van der Waals surface area (Å²) >= 11 is 0. The van der Waals surface area contributed by atoms with Gasteiger partial charge in [-0.15, -0.1) is 0 Å². The summed E-state index contributed by atoms with van der Waals surface area (Å²) in [6, 6.07) is 1.88. The second kappa shape index (κ2) is 6.95. The third-order valence-electron chi connectivity index (χ3n) is 7.00. The molecule has 0 saturated carbocycles. The van der Waals surface area contributed by atoms with Gasteiger partial charge in [0.2, 0.25) is 5.78 Å². The van der Waals surface area contributed by atoms with E-state index in [2.05, 4.69) is 0 Å². The van der Waals surface area contributed by atoms with Crippen LogP contribution in [0.1, 0.15) is 53.7 Å². The molecule has 8 nitrogen and oxygen atoms in total. The van der Waals surface area contributed by atoms with Crippen molar-refractivity contribution in [3.8, 4) is 5.75 Å². The van der Waals surface area contributed by atoms with E-state index in [0.717, 1.165) is 5.56 Å². The number of benzene rings is 1. The van der Waals surface area contributed by atoms with Gasteiger partial charge in [-0.25, -0.2) is 0 Å². The number of aliphatic hydroxyl groups is 3. The van der Waals surface area contributed by atoms with Crippen molar-refractivity contribution in [2.24, 2.45) is 17.6 Å². The van der Waals surface area contributed by atoms with Gasteiger partial charge in [-0.2, -0.15) is 0 Å². The molecule has 1 aromatic carbocycles. The molecule has 1 aromatic rings. The number of Topliss-reactive ketones (excluding diaryl/α,β-unsaturated/α-hetero) is 2. The Labute approximate surface area is 178 Å². The topological polar surface area (TPSA) is 158 Å². The van der Waals surface area contributed by atoms with E-state index in [9.17, 15) is 34.8 Å². The van der Waals surface area contributed by atoms with E-state index in [-0.39, 0.29) is 29.7 Å². The zero-order chi connectivity index (χ0) is 22.8. The maximum absolute atomic E-state index is 13.5. The number of hydrogen-bond acceptors (Lipinski definition) is 7. The van der Waals surface area contributed by atoms with Crippen LogP contribution in [-0.4, -0.2) is 43.5 Å². The molecule has 0 aromatic heterocycles. The summed E-state index contributed by atoms with van der Waals surface area (Å²) in [5.74, 6) is -5.98. The van der Waals surface area contributed by atoms with E-state index in [1.807, 2.05) is 19.9 Å². The van der Waals surface area contributed by atoms with E-state index >= 15 is 0 Å². The second-order valence-electron chi connectivity index (χ2n) is 8.51. The van der Waals surface area contributed by atoms with Crippen LogP contribution < -0.4 is 5.73 Å². The first-order chi connectivity index (χ1) is 14.6. The highest BCUT2D eigenvalue weighted by molar-refractivity contribution is 6.24. The minimum atomic E-state index is -2.53. The lowest BCUT2D eigenvalue weighted by Gasteiger charge is -2.45. The number of carbonyl (C=O) groups excluding carboxylic acids is 3. The monoisotopic (exact) mass is 427 g/mol. The Hall–Kier alpha value is -3.13. The molecule has 0 fully saturated rings. The first-order valence-electron chi connectivity index (χ1n) is 10.4. The lowest BCUT2D eigenvalue weighted by Crippen LogP contribution is -2.57. The Morgan fingerprint density at radius 2 is 1.77 bits per heavy atom. The number of amides is 1. The molecule has 1 amide bonds. The van der Waals surface area contributed by atoms with Crippen LogP contribution in [0, 0.1) is 11.8 Å². The Kier molecular flexibility index (Phi) is 4.73. The summed E-state index contributed by atoms with van der Waals surface area (Å²) in [5, 5.41) is 43.1. The number of ketones is 2. The first-order valence-corrected chi connectivity index (χ1v) is 10.4. The first kappa shape index (κ1) is 21.1. The summed E-state index contributed by atoms with van der Waals surface area (Å²) in [5.41, 5.74) is 4.10. The zero-order valence-electron chi connectivity index (χ0n) is 17.4. The van der Waals surface area contributed by atoms with Crippen molar-refractivity contribution in [1.29, 1.82) is 0 Å². The number of nitrogens with two attached hydrogens (primary N) is 1. The highest BCUT2D eigenvalue weighted by Gasteiger charge is 2.59. The van der Waals surface area contributed by atoms with Gasteiger partial charge in [-0.1, -0.05) is 19.9 Å². The van der Waals surface area contributed by atoms with Crippen molar-refractivity contribution in [1.82, 2.24) is 0 Å². The molecule has 31 heavy (non-hydrogen) atoms. The van der Waals surface area contributed by atoms with Crippen LogP contribution in [0.15, 0.2) is 28.7 Å². The Morgan fingerprint density at radius 1 is 1.13 bits per heavy atom. The van der Waals surface area contributed by atoms with Gasteiger partial charge in [0.25, 0.3) is 5.91 Å². The summed E-state index contributed by atoms with van der Waals surface area (Å²) in [4.78, 5) is 38.1. The normalized spacial score (nSPS) is 27.7. The van der Waals surface area contributed by atoms with Gasteiger partial charge in [-0.3, -0.25) is 14.4 Å². The lowest BCUT2D eigenvalue weighted by atomic mass is 9.60. The molecule has 3 aliphatic rings. The van der Waals surface area contributed by atoms with Gasteiger partial charge >= 0.3 is 0 Å². The van der Waals surface area contributed by atoms with Crippen LogP contribution in [0.3, 0.4) is 0 Å². The van der Waals surface area contributed by atoms with E-state index in [4.69, 9.17) is 5.73 Å². The number of aliphatic hydroxyl groups excluding tert-OH is 2. The molecule has 0 radical (unpaired) electrons. The number of aromatic hydroxyl groups is 1. The highest BCUT2D eigenvalue weighted by Crippen LogP contribution is 2.52. The number of rotatable bonds is 3. The van der Waals surface area contributed by atoms with Crippen LogP contribution in [0.25, 0.3) is 0 Å². The minimum Gasteiger partial charge on any atom is -0.511 e. The molecule has 4 rings (SSSR count). The van der Waals surface area contributed by atoms with Gasteiger partial charge in [0.05, 0.1) is 5.56 Å². The number of fused-ring (bicyclic) bond motifs is 3. The summed E-state index contributed by atoms with van der Waals surface area (Å²) in [6.07, 6.45) is 1.41. The van der Waals surface area contributed by atoms with Crippen molar-refractivity contribution in [3.05, 3.63) is 51.0 Å². The third kappa shape index (κ3) is 2.67. The number of primary amides is 1. The summed E-state index contributed by atoms with van der Waals surface area (Å²) in [6.45, 7) is 3.81. The smallest absolute Gasteiger partial charge is 0.255 e. The molecule has 0 saturated heterocycles. The van der Waals surface area contributed by atoms with Gasteiger partial charge in [0.1, 0.15) is 22.8 Å². The molecule has 0 spiro atoms. The van der Waals surface area contributed by atoms with Crippen LogP contribution in [0.4, 0.5) is 0 Å². The number of carbonyl (C=O) groups is 3. The second-order valence-corrected chi connectivity index (χ2v) is 8.51. The average molecular weight is 427 g/mol. The lowest BCUT2D eigenvalue weighted by molar-refractivity contribution is -0.144. The zero-order valence-corrected chi connectivity index (χ0v) is 17.4. The molecule has 3 aliphatic carbocycles. The highest BCUT2D eigenvalue weighted by atomic mass is 16.3. The number of phenolic OH excluding ortho intramolecular Hbond substituents is 1. The predicted molar refractivity (Wildman–Crippen MR) is 110 cm³/mol. The van der Waals surface area contributed by atoms with Crippen molar-refractivity contribution >= 4 is 17.5 Å². The Balaban J connectivity index is 1.93. The summed E-state index contributed by atoms with van der Waals surface area (Å²) < 4.78 is 0. The SMILES string of the molecule is CCc1cc(CC)c2c(c1O)C(=O)C1=C(O)[C@]3(O)C(=O)C(C(N)=O)=C(O)C[C@@H]3C[C@@H]1C2. The fourth-order valence-electron chi connectivity index (χ4n) is 5.41. The van der Waals surface area contributed by atoms with Crippen molar-refractivity contribution < 1.29 is 34.8 Å². The molecule has 0 bridgehead atoms. The molecule has 0 unspecified atom stereocenters. The fourth-order valence-corrected chi connectivity index (χ4v) is 5.41. The van der Waals surface area contributed by atoms with Crippen LogP contribution in [0.5, 0.6) is 5.75 Å². The van der Waals surface area contributed by atoms with Crippen molar-refractivity contribution in [3.63, 3.8) is 0 Å². The Morgan fingerprint density at radius 3 is 2.35 bits per heavy atom. The minimum absolute atomic E-state index is 0.0906. The molecule has 0 heterocycles. The van der Waals surface area contributed by atoms with Gasteiger partial charge in [0, 0.05) is 17.9 Å². The molecular formula is C23H25NO7. The number of aryl methyl sites for hydroxylation is 2. The van der Waals surface area contributed by atoms with Gasteiger partial charge < -0.3 is 26.2 Å². The van der Waals surface area contributed by atoms with Gasteiger partial charge in [-0.05, 0) is 48.3 Å². The molecule has 8 heteroatoms. The van der Waals surface area contributed by atoms with Gasteiger partial charge in [0.15, 0.2) is 11.4 Å². The van der Waals surface area contributed by atoms with E-state index in [0.29, 0.717) is 30.4 Å². The number of allylic oxidation sites excluding steroid dienone is 2. The number of phenols is 1. The largest absolute Gasteiger partial charge is 0.511 e. The maximum atomic E-state index is 13.5. The maximum Gasteiger partial charge on any atom is 0.255 e. The molecule has 164 valence electrons. The predicted octanol–water partition coefficient (Wildman–Crippen LogP) is 1.71. The molecule has 0 aliphatic heterocycles. The number of hydrogen-bond donors (Lipinski definition) is 5. The van der Waals surface area contributed by atoms with E-state index < -0.39 is 52.0 Å². The van der Waals surface area contributed by atoms with Crippen LogP contribution >= 0.6 is 0 Å². The van der Waals surface area contributed by atoms with Crippen molar-refractivity contribution in [2.75, 3.05) is 0 Å². The average Bonchev–Trinajstić information content (AvgIpc) is 2.70. The molecule has 6 N–H and O–H groups in total. The summed E-state index contributed by atoms with van der Waals surface area (Å²) in [7, 11) is 0. The molecular weight excluding hydrogens is 402 g/mol. The van der Waals surface area contributed by atoms with E-state index in [1.54, 1.807) is 0 Å². The van der Waals surface area contributed by atoms with Crippen LogP contribution in [-0.2, 0) is 28.9 Å². The standard InChI is InChI=1S/C23H25NO7/c1-3-9-5-10(4-2)18(26)16-13(9)7-11-6-12-8-14(25)17(22(24)30)21(29)23(12,31)20(28)15(11)19(16)27/h5,11-12,25-26,28,31H,3-4,6-8H2,1-2H3,(H2,24,30)/t11-,12+,23+/m1/s1. The molecule has 3 atom stereocenters. The third-order valence-corrected chi connectivity index (χ3v) is 7.00. The van der Waals surface area contributed by atoms with E-state index in [1.165, 1.54) is 0 Å². The Bertz CT molecular complexity index is 1110. The van der Waals surface area contributed by atoms with Crippen molar-refractivity contribution in [2.45, 2.75) is 51.6 Å². The fraction of sp³-hybridized carbons (Fsp3) is 0.435. The van der Waals surface area contributed by atoms with Crippen LogP contribution in [0.2, 0.25) is 0 Å².